The van der Waals surface area contributed by atoms with Crippen molar-refractivity contribution in [2.75, 3.05) is 19.8 Å². The molecule has 1 aromatic rings. The number of rotatable bonds is 7. The summed E-state index contributed by atoms with van der Waals surface area (Å²) in [4.78, 5) is 11.6. The number of amides is 1. The summed E-state index contributed by atoms with van der Waals surface area (Å²) >= 11 is 0. The molecule has 0 unspecified atom stereocenters. The van der Waals surface area contributed by atoms with Gasteiger partial charge < -0.3 is 15.2 Å². The van der Waals surface area contributed by atoms with E-state index in [0.717, 1.165) is 17.5 Å². The largest absolute Gasteiger partial charge is 0.384 e. The van der Waals surface area contributed by atoms with Gasteiger partial charge in [-0.15, -0.1) is 0 Å². The topological polar surface area (TPSA) is 58.6 Å². The third-order valence-corrected chi connectivity index (χ3v) is 2.65. The van der Waals surface area contributed by atoms with Crippen molar-refractivity contribution in [2.45, 2.75) is 26.3 Å². The highest BCUT2D eigenvalue weighted by Gasteiger charge is 2.01. The van der Waals surface area contributed by atoms with Gasteiger partial charge in [0.15, 0.2) is 0 Å². The number of benzene rings is 1. The number of ether oxygens (including phenoxy) is 1. The Morgan fingerprint density at radius 1 is 1.35 bits per heavy atom. The Morgan fingerprint density at radius 2 is 2.10 bits per heavy atom. The van der Waals surface area contributed by atoms with E-state index in [0.29, 0.717) is 26.2 Å². The molecule has 0 saturated carbocycles. The second-order valence-corrected chi connectivity index (χ2v) is 4.23. The van der Waals surface area contributed by atoms with Gasteiger partial charge in [0.1, 0.15) is 6.61 Å². The number of hydrogen-bond acceptors (Lipinski definition) is 3. The van der Waals surface area contributed by atoms with Gasteiger partial charge in [0, 0.05) is 31.7 Å². The molecule has 0 aliphatic carbocycles. The van der Waals surface area contributed by atoms with Crippen LogP contribution in [-0.4, -0.2) is 30.8 Å². The van der Waals surface area contributed by atoms with Crippen molar-refractivity contribution in [3.63, 3.8) is 0 Å². The average Bonchev–Trinajstić information content (AvgIpc) is 2.48. The molecule has 0 aliphatic rings. The lowest BCUT2D eigenvalue weighted by Crippen LogP contribution is -2.22. The average molecular weight is 275 g/mol. The Bertz CT molecular complexity index is 457. The smallest absolute Gasteiger partial charge is 0.220 e. The van der Waals surface area contributed by atoms with Crippen molar-refractivity contribution in [1.29, 1.82) is 0 Å². The van der Waals surface area contributed by atoms with Crippen LogP contribution < -0.4 is 5.32 Å². The van der Waals surface area contributed by atoms with E-state index in [2.05, 4.69) is 17.2 Å². The summed E-state index contributed by atoms with van der Waals surface area (Å²) in [5.74, 6) is 5.45. The molecule has 4 heteroatoms. The summed E-state index contributed by atoms with van der Waals surface area (Å²) in [6.07, 6.45) is 1.23. The van der Waals surface area contributed by atoms with Crippen LogP contribution in [0.4, 0.5) is 0 Å². The zero-order valence-electron chi connectivity index (χ0n) is 11.8. The number of nitrogens with one attached hydrogen (secondary N) is 1. The van der Waals surface area contributed by atoms with Crippen molar-refractivity contribution in [2.24, 2.45) is 0 Å². The summed E-state index contributed by atoms with van der Waals surface area (Å²) < 4.78 is 5.18. The Labute approximate surface area is 120 Å². The first-order valence-electron chi connectivity index (χ1n) is 6.79. The molecule has 0 spiro atoms. The van der Waals surface area contributed by atoms with Crippen LogP contribution in [0.5, 0.6) is 0 Å². The van der Waals surface area contributed by atoms with Crippen molar-refractivity contribution in [3.05, 3.63) is 35.4 Å². The summed E-state index contributed by atoms with van der Waals surface area (Å²) in [6.45, 7) is 3.63. The van der Waals surface area contributed by atoms with E-state index in [1.165, 1.54) is 0 Å². The predicted octanol–water partition coefficient (Wildman–Crippen LogP) is 1.46. The number of carbonyl (C=O) groups is 1. The predicted molar refractivity (Wildman–Crippen MR) is 78.0 cm³/mol. The maximum atomic E-state index is 11.6. The van der Waals surface area contributed by atoms with Crippen molar-refractivity contribution >= 4 is 5.91 Å². The Kier molecular flexibility index (Phi) is 8.13. The minimum atomic E-state index is -0.139. The van der Waals surface area contributed by atoms with Crippen LogP contribution in [0, 0.1) is 11.8 Å². The van der Waals surface area contributed by atoms with Gasteiger partial charge in [0.2, 0.25) is 5.91 Å². The fraction of sp³-hybridized carbons (Fsp3) is 0.438. The summed E-state index contributed by atoms with van der Waals surface area (Å²) in [6, 6.07) is 7.59. The molecule has 0 fully saturated rings. The van der Waals surface area contributed by atoms with E-state index in [1.807, 2.05) is 31.2 Å². The lowest BCUT2D eigenvalue weighted by molar-refractivity contribution is -0.121. The van der Waals surface area contributed by atoms with Crippen LogP contribution in [0.15, 0.2) is 24.3 Å². The van der Waals surface area contributed by atoms with Crippen LogP contribution in [0.1, 0.15) is 30.9 Å². The molecule has 0 radical (unpaired) electrons. The highest BCUT2D eigenvalue weighted by Crippen LogP contribution is 2.03. The first-order valence-corrected chi connectivity index (χ1v) is 6.79. The van der Waals surface area contributed by atoms with Crippen LogP contribution >= 0.6 is 0 Å². The van der Waals surface area contributed by atoms with Gasteiger partial charge in [-0.05, 0) is 31.0 Å². The van der Waals surface area contributed by atoms with Gasteiger partial charge in [0.05, 0.1) is 0 Å². The number of hydrogen-bond donors (Lipinski definition) is 2. The Hall–Kier alpha value is -1.83. The lowest BCUT2D eigenvalue weighted by atomic mass is 10.1. The molecule has 20 heavy (non-hydrogen) atoms. The van der Waals surface area contributed by atoms with E-state index in [1.54, 1.807) is 0 Å². The highest BCUT2D eigenvalue weighted by atomic mass is 16.5. The monoisotopic (exact) mass is 275 g/mol. The van der Waals surface area contributed by atoms with Crippen molar-refractivity contribution < 1.29 is 14.6 Å². The molecule has 0 aromatic heterocycles. The van der Waals surface area contributed by atoms with E-state index in [4.69, 9.17) is 9.84 Å². The molecular weight excluding hydrogens is 254 g/mol. The first-order chi connectivity index (χ1) is 9.76. The van der Waals surface area contributed by atoms with Crippen LogP contribution in [0.2, 0.25) is 0 Å². The van der Waals surface area contributed by atoms with Crippen LogP contribution in [0.25, 0.3) is 0 Å². The van der Waals surface area contributed by atoms with Crippen molar-refractivity contribution in [3.8, 4) is 11.8 Å². The molecule has 0 atom stereocenters. The molecule has 4 nitrogen and oxygen atoms in total. The first kappa shape index (κ1) is 16.2. The fourth-order valence-electron chi connectivity index (χ4n) is 1.62. The number of carbonyl (C=O) groups excluding carboxylic acids is 1. The molecular formula is C16H21NO3. The van der Waals surface area contributed by atoms with Gasteiger partial charge in [-0.2, -0.15) is 0 Å². The zero-order chi connectivity index (χ0) is 14.6. The maximum Gasteiger partial charge on any atom is 0.220 e. The molecule has 0 heterocycles. The van der Waals surface area contributed by atoms with E-state index in [-0.39, 0.29) is 12.5 Å². The molecule has 108 valence electrons. The lowest BCUT2D eigenvalue weighted by Gasteiger charge is -2.05. The molecule has 0 aliphatic heterocycles. The SMILES string of the molecule is CCOCCCC(=O)NCc1ccc(C#CCO)cc1. The van der Waals surface area contributed by atoms with Gasteiger partial charge >= 0.3 is 0 Å². The third kappa shape index (κ3) is 6.93. The minimum Gasteiger partial charge on any atom is -0.384 e. The van der Waals surface area contributed by atoms with Crippen LogP contribution in [-0.2, 0) is 16.1 Å². The maximum absolute atomic E-state index is 11.6. The normalized spacial score (nSPS) is 9.70. The summed E-state index contributed by atoms with van der Waals surface area (Å²) in [5, 5.41) is 11.5. The fourth-order valence-corrected chi connectivity index (χ4v) is 1.62. The standard InChI is InChI=1S/C16H21NO3/c1-2-20-12-4-6-16(19)17-13-15-9-7-14(8-10-15)5-3-11-18/h7-10,18H,2,4,6,11-13H2,1H3,(H,17,19). The molecule has 2 N–H and O–H groups in total. The van der Waals surface area contributed by atoms with Gasteiger partial charge in [-0.3, -0.25) is 4.79 Å². The van der Waals surface area contributed by atoms with E-state index >= 15 is 0 Å². The zero-order valence-corrected chi connectivity index (χ0v) is 11.8. The van der Waals surface area contributed by atoms with E-state index in [9.17, 15) is 4.79 Å². The third-order valence-electron chi connectivity index (χ3n) is 2.65. The summed E-state index contributed by atoms with van der Waals surface area (Å²) in [7, 11) is 0. The van der Waals surface area contributed by atoms with Crippen molar-refractivity contribution in [1.82, 2.24) is 5.32 Å². The molecule has 1 aromatic carbocycles. The van der Waals surface area contributed by atoms with E-state index < -0.39 is 0 Å². The number of aliphatic hydroxyl groups is 1. The minimum absolute atomic E-state index is 0.0360. The van der Waals surface area contributed by atoms with Gasteiger partial charge in [-0.1, -0.05) is 24.0 Å². The molecule has 0 saturated heterocycles. The second-order valence-electron chi connectivity index (χ2n) is 4.23. The Balaban J connectivity index is 2.29. The van der Waals surface area contributed by atoms with Crippen LogP contribution in [0.3, 0.4) is 0 Å². The second kappa shape index (κ2) is 10.0. The van der Waals surface area contributed by atoms with Gasteiger partial charge in [0.25, 0.3) is 0 Å². The molecule has 1 amide bonds. The Morgan fingerprint density at radius 3 is 2.75 bits per heavy atom. The quantitative estimate of drug-likeness (QED) is 0.585. The van der Waals surface area contributed by atoms with Gasteiger partial charge in [-0.25, -0.2) is 0 Å². The molecule has 0 bridgehead atoms. The highest BCUT2D eigenvalue weighted by molar-refractivity contribution is 5.75. The number of aliphatic hydroxyl groups excluding tert-OH is 1. The summed E-state index contributed by atoms with van der Waals surface area (Å²) in [5.41, 5.74) is 1.88. The molecule has 1 rings (SSSR count).